The van der Waals surface area contributed by atoms with Crippen LogP contribution in [0.15, 0.2) is 30.3 Å². The van der Waals surface area contributed by atoms with Crippen molar-refractivity contribution in [1.82, 2.24) is 0 Å². The second kappa shape index (κ2) is 8.43. The van der Waals surface area contributed by atoms with E-state index in [9.17, 15) is 9.90 Å². The van der Waals surface area contributed by atoms with Crippen molar-refractivity contribution in [3.05, 3.63) is 35.9 Å². The number of benzene rings is 1. The van der Waals surface area contributed by atoms with Gasteiger partial charge in [-0.1, -0.05) is 36.3 Å². The smallest absolute Gasteiger partial charge is 0.230 e. The number of ketones is 1. The van der Waals surface area contributed by atoms with E-state index < -0.39 is 18.5 Å². The summed E-state index contributed by atoms with van der Waals surface area (Å²) in [6.07, 6.45) is -0.576. The van der Waals surface area contributed by atoms with Crippen LogP contribution in [0.25, 0.3) is 0 Å². The summed E-state index contributed by atoms with van der Waals surface area (Å²) in [5, 5.41) is 17.9. The Labute approximate surface area is 106 Å². The number of carbonyl (C=O) groups excluding carboxylic acids is 1. The zero-order valence-corrected chi connectivity index (χ0v) is 10.0. The molecule has 0 aliphatic carbocycles. The lowest BCUT2D eigenvalue weighted by Crippen LogP contribution is -2.14. The molecule has 0 saturated heterocycles. The first kappa shape index (κ1) is 14.4. The molecular weight excluding hydrogens is 232 g/mol. The van der Waals surface area contributed by atoms with E-state index in [0.717, 1.165) is 5.56 Å². The summed E-state index contributed by atoms with van der Waals surface area (Å²) in [6.45, 7) is 0.00535. The van der Waals surface area contributed by atoms with Crippen molar-refractivity contribution in [2.75, 3.05) is 13.2 Å². The zero-order valence-electron chi connectivity index (χ0n) is 10.0. The normalized spacial score (nSPS) is 11.4. The Kier molecular flexibility index (Phi) is 6.74. The second-order valence-corrected chi connectivity index (χ2v) is 3.74. The predicted octanol–water partition coefficient (Wildman–Crippen LogP) is 0.519. The fourth-order valence-corrected chi connectivity index (χ4v) is 1.25. The summed E-state index contributed by atoms with van der Waals surface area (Å²) in [4.78, 5) is 10.7. The molecule has 0 aliphatic heterocycles. The van der Waals surface area contributed by atoms with E-state index in [-0.39, 0.29) is 13.0 Å². The molecule has 2 N–H and O–H groups in total. The SMILES string of the molecule is O=C(C#CC[C@@H](O)COCc1ccccc1)CO. The number of rotatable bonds is 6. The van der Waals surface area contributed by atoms with Crippen molar-refractivity contribution in [2.45, 2.75) is 19.1 Å². The molecule has 0 fully saturated rings. The third kappa shape index (κ3) is 6.16. The second-order valence-electron chi connectivity index (χ2n) is 3.74. The number of hydrogen-bond donors (Lipinski definition) is 2. The molecule has 0 spiro atoms. The molecule has 4 heteroatoms. The molecule has 1 rings (SSSR count). The fourth-order valence-electron chi connectivity index (χ4n) is 1.25. The third-order valence-corrected chi connectivity index (χ3v) is 2.13. The van der Waals surface area contributed by atoms with Gasteiger partial charge in [-0.15, -0.1) is 0 Å². The van der Waals surface area contributed by atoms with Crippen LogP contribution in [0.2, 0.25) is 0 Å². The first-order valence-corrected chi connectivity index (χ1v) is 5.64. The van der Waals surface area contributed by atoms with Crippen molar-refractivity contribution in [3.8, 4) is 11.8 Å². The first-order valence-electron chi connectivity index (χ1n) is 5.64. The van der Waals surface area contributed by atoms with Gasteiger partial charge in [0.15, 0.2) is 0 Å². The van der Waals surface area contributed by atoms with Gasteiger partial charge < -0.3 is 14.9 Å². The third-order valence-electron chi connectivity index (χ3n) is 2.13. The average molecular weight is 248 g/mol. The number of hydrogen-bond acceptors (Lipinski definition) is 4. The van der Waals surface area contributed by atoms with Gasteiger partial charge >= 0.3 is 0 Å². The van der Waals surface area contributed by atoms with E-state index in [0.29, 0.717) is 6.61 Å². The lowest BCUT2D eigenvalue weighted by molar-refractivity contribution is -0.116. The maximum Gasteiger partial charge on any atom is 0.230 e. The van der Waals surface area contributed by atoms with Gasteiger partial charge in [0.05, 0.1) is 19.3 Å². The highest BCUT2D eigenvalue weighted by molar-refractivity contribution is 5.96. The summed E-state index contributed by atoms with van der Waals surface area (Å²) in [7, 11) is 0. The Hall–Kier alpha value is -1.67. The van der Waals surface area contributed by atoms with Crippen LogP contribution in [-0.4, -0.2) is 35.3 Å². The number of Topliss-reactive ketones (excluding diaryl/α,β-unsaturated/α-hetero) is 1. The molecule has 4 nitrogen and oxygen atoms in total. The van der Waals surface area contributed by atoms with Crippen molar-refractivity contribution in [3.63, 3.8) is 0 Å². The molecule has 18 heavy (non-hydrogen) atoms. The molecule has 0 bridgehead atoms. The molecule has 96 valence electrons. The highest BCUT2D eigenvalue weighted by Gasteiger charge is 2.02. The minimum Gasteiger partial charge on any atom is -0.390 e. The van der Waals surface area contributed by atoms with Gasteiger partial charge in [-0.3, -0.25) is 4.79 Å². The molecule has 0 aromatic heterocycles. The lowest BCUT2D eigenvalue weighted by atomic mass is 10.2. The van der Waals surface area contributed by atoms with E-state index in [1.807, 2.05) is 30.3 Å². The Morgan fingerprint density at radius 1 is 1.33 bits per heavy atom. The Balaban J connectivity index is 2.19. The van der Waals surface area contributed by atoms with Gasteiger partial charge in [-0.05, 0) is 11.5 Å². The predicted molar refractivity (Wildman–Crippen MR) is 66.6 cm³/mol. The van der Waals surface area contributed by atoms with E-state index in [1.54, 1.807) is 0 Å². The van der Waals surface area contributed by atoms with Crippen LogP contribution in [0.3, 0.4) is 0 Å². The Morgan fingerprint density at radius 2 is 2.06 bits per heavy atom. The zero-order chi connectivity index (χ0) is 13.2. The maximum absolute atomic E-state index is 10.7. The van der Waals surface area contributed by atoms with E-state index in [4.69, 9.17) is 9.84 Å². The molecule has 1 aromatic carbocycles. The molecule has 0 amide bonds. The van der Waals surface area contributed by atoms with Gasteiger partial charge in [0, 0.05) is 6.42 Å². The van der Waals surface area contributed by atoms with Crippen LogP contribution >= 0.6 is 0 Å². The highest BCUT2D eigenvalue weighted by atomic mass is 16.5. The van der Waals surface area contributed by atoms with Crippen LogP contribution in [0, 0.1) is 11.8 Å². The van der Waals surface area contributed by atoms with Gasteiger partial charge in [0.25, 0.3) is 0 Å². The van der Waals surface area contributed by atoms with Gasteiger partial charge in [0.2, 0.25) is 5.78 Å². The number of carbonyl (C=O) groups is 1. The molecule has 0 radical (unpaired) electrons. The topological polar surface area (TPSA) is 66.8 Å². The molecule has 1 aromatic rings. The van der Waals surface area contributed by atoms with Gasteiger partial charge in [0.1, 0.15) is 6.61 Å². The largest absolute Gasteiger partial charge is 0.390 e. The van der Waals surface area contributed by atoms with Crippen molar-refractivity contribution in [1.29, 1.82) is 0 Å². The maximum atomic E-state index is 10.7. The molecule has 0 unspecified atom stereocenters. The standard InChI is InChI=1S/C14H16O4/c15-9-13(16)7-4-8-14(17)11-18-10-12-5-2-1-3-6-12/h1-3,5-6,14-15,17H,8-11H2/t14-/m1/s1. The van der Waals surface area contributed by atoms with Crippen LogP contribution in [0.1, 0.15) is 12.0 Å². The molecule has 0 saturated carbocycles. The summed E-state index contributed by atoms with van der Waals surface area (Å²) in [5.74, 6) is 4.16. The number of aliphatic hydroxyl groups is 2. The summed E-state index contributed by atoms with van der Waals surface area (Å²) < 4.78 is 5.31. The Morgan fingerprint density at radius 3 is 2.72 bits per heavy atom. The first-order chi connectivity index (χ1) is 8.72. The fraction of sp³-hybridized carbons (Fsp3) is 0.357. The average Bonchev–Trinajstić information content (AvgIpc) is 2.39. The monoisotopic (exact) mass is 248 g/mol. The van der Waals surface area contributed by atoms with E-state index >= 15 is 0 Å². The molecule has 0 aliphatic rings. The number of ether oxygens (including phenoxy) is 1. The van der Waals surface area contributed by atoms with Crippen LogP contribution in [-0.2, 0) is 16.1 Å². The van der Waals surface area contributed by atoms with Crippen LogP contribution in [0.4, 0.5) is 0 Å². The van der Waals surface area contributed by atoms with Gasteiger partial charge in [-0.25, -0.2) is 0 Å². The minimum absolute atomic E-state index is 0.153. The molecule has 0 heterocycles. The lowest BCUT2D eigenvalue weighted by Gasteiger charge is -2.08. The minimum atomic E-state index is -0.729. The van der Waals surface area contributed by atoms with Crippen molar-refractivity contribution < 1.29 is 19.7 Å². The highest BCUT2D eigenvalue weighted by Crippen LogP contribution is 2.01. The Bertz CT molecular complexity index is 416. The number of aliphatic hydroxyl groups excluding tert-OH is 2. The van der Waals surface area contributed by atoms with E-state index in [1.165, 1.54) is 0 Å². The summed E-state index contributed by atoms with van der Waals surface area (Å²) in [5.41, 5.74) is 1.03. The van der Waals surface area contributed by atoms with Crippen LogP contribution in [0.5, 0.6) is 0 Å². The van der Waals surface area contributed by atoms with Crippen molar-refractivity contribution in [2.24, 2.45) is 0 Å². The summed E-state index contributed by atoms with van der Waals surface area (Å²) in [6, 6.07) is 9.63. The molecular formula is C14H16O4. The quantitative estimate of drug-likeness (QED) is 0.569. The van der Waals surface area contributed by atoms with Gasteiger partial charge in [-0.2, -0.15) is 0 Å². The summed E-state index contributed by atoms with van der Waals surface area (Å²) >= 11 is 0. The van der Waals surface area contributed by atoms with Crippen molar-refractivity contribution >= 4 is 5.78 Å². The van der Waals surface area contributed by atoms with E-state index in [2.05, 4.69) is 11.8 Å². The molecule has 1 atom stereocenters. The van der Waals surface area contributed by atoms with Crippen LogP contribution < -0.4 is 0 Å².